The largest absolute Gasteiger partial charge is 0.478 e. The number of halogens is 1. The first kappa shape index (κ1) is 20.1. The molecule has 0 unspecified atom stereocenters. The first-order valence-corrected chi connectivity index (χ1v) is 10.7. The zero-order chi connectivity index (χ0) is 20.9. The molecule has 2 aromatic carbocycles. The van der Waals surface area contributed by atoms with Crippen LogP contribution in [0.15, 0.2) is 83.9 Å². The third kappa shape index (κ3) is 4.53. The first-order chi connectivity index (χ1) is 14.6. The van der Waals surface area contributed by atoms with Crippen LogP contribution in [0.3, 0.4) is 0 Å². The Labute approximate surface area is 183 Å². The summed E-state index contributed by atoms with van der Waals surface area (Å²) in [7, 11) is 0. The molecular weight excluding hydrogens is 416 g/mol. The van der Waals surface area contributed by atoms with Gasteiger partial charge in [-0.05, 0) is 29.2 Å². The summed E-state index contributed by atoms with van der Waals surface area (Å²) in [5.74, 6) is -0.169. The number of carboxylic acid groups (broad SMARTS) is 1. The lowest BCUT2D eigenvalue weighted by atomic mass is 10.1. The molecule has 0 fully saturated rings. The molecule has 0 saturated heterocycles. The Bertz CT molecular complexity index is 1180. The van der Waals surface area contributed by atoms with Crippen molar-refractivity contribution in [2.24, 2.45) is 0 Å². The van der Waals surface area contributed by atoms with Gasteiger partial charge in [0.2, 0.25) is 0 Å². The van der Waals surface area contributed by atoms with Gasteiger partial charge < -0.3 is 9.67 Å². The van der Waals surface area contributed by atoms with Crippen LogP contribution < -0.4 is 0 Å². The minimum absolute atomic E-state index is 0.317. The van der Waals surface area contributed by atoms with Crippen LogP contribution in [0.1, 0.15) is 16.1 Å². The van der Waals surface area contributed by atoms with E-state index in [1.807, 2.05) is 76.7 Å². The Balaban J connectivity index is 1.80. The molecule has 6 heteroatoms. The molecule has 0 saturated carbocycles. The van der Waals surface area contributed by atoms with Gasteiger partial charge in [-0.1, -0.05) is 66.2 Å². The Hall–Kier alpha value is -3.15. The molecule has 30 heavy (non-hydrogen) atoms. The number of aromatic nitrogens is 2. The molecule has 0 aliphatic rings. The predicted octanol–water partition coefficient (Wildman–Crippen LogP) is 6.02. The summed E-state index contributed by atoms with van der Waals surface area (Å²) >= 11 is 7.95. The number of aliphatic carboxylic acids is 1. The average Bonchev–Trinajstić information content (AvgIpc) is 3.40. The van der Waals surface area contributed by atoms with E-state index in [9.17, 15) is 9.90 Å². The van der Waals surface area contributed by atoms with Gasteiger partial charge in [0.1, 0.15) is 5.82 Å². The molecule has 0 radical (unpaired) electrons. The third-order valence-electron chi connectivity index (χ3n) is 4.75. The van der Waals surface area contributed by atoms with E-state index in [0.717, 1.165) is 27.5 Å². The van der Waals surface area contributed by atoms with E-state index in [-0.39, 0.29) is 0 Å². The van der Waals surface area contributed by atoms with Crippen molar-refractivity contribution in [1.29, 1.82) is 0 Å². The summed E-state index contributed by atoms with van der Waals surface area (Å²) in [6.07, 6.45) is 3.79. The van der Waals surface area contributed by atoms with Crippen molar-refractivity contribution in [2.75, 3.05) is 0 Å². The summed E-state index contributed by atoms with van der Waals surface area (Å²) in [5, 5.41) is 12.4. The van der Waals surface area contributed by atoms with E-state index in [1.54, 1.807) is 23.6 Å². The highest BCUT2D eigenvalue weighted by molar-refractivity contribution is 7.09. The number of carbonyl (C=O) groups is 1. The van der Waals surface area contributed by atoms with Crippen LogP contribution in [0.4, 0.5) is 0 Å². The zero-order valence-electron chi connectivity index (χ0n) is 16.0. The number of carboxylic acids is 1. The SMILES string of the molecule is O=C(O)/C(=C/c1cnc(-c2ccccc2)n1Cc1ccccc1Cl)Cc1cccs1. The van der Waals surface area contributed by atoms with Crippen LogP contribution in [0.25, 0.3) is 17.5 Å². The van der Waals surface area contributed by atoms with Crippen LogP contribution in [0.2, 0.25) is 5.02 Å². The fourth-order valence-corrected chi connectivity index (χ4v) is 4.18. The molecule has 0 spiro atoms. The third-order valence-corrected chi connectivity index (χ3v) is 5.99. The van der Waals surface area contributed by atoms with Gasteiger partial charge in [-0.15, -0.1) is 11.3 Å². The smallest absolute Gasteiger partial charge is 0.332 e. The second kappa shape index (κ2) is 9.11. The number of hydrogen-bond donors (Lipinski definition) is 1. The summed E-state index contributed by atoms with van der Waals surface area (Å²) in [5.41, 5.74) is 2.94. The van der Waals surface area contributed by atoms with Crippen molar-refractivity contribution in [3.63, 3.8) is 0 Å². The van der Waals surface area contributed by atoms with Crippen LogP contribution in [0, 0.1) is 0 Å². The van der Waals surface area contributed by atoms with Crippen LogP contribution in [-0.2, 0) is 17.8 Å². The van der Waals surface area contributed by atoms with Gasteiger partial charge in [0, 0.05) is 27.5 Å². The van der Waals surface area contributed by atoms with Crippen molar-refractivity contribution >= 4 is 35.0 Å². The van der Waals surface area contributed by atoms with Gasteiger partial charge in [0.25, 0.3) is 0 Å². The average molecular weight is 435 g/mol. The van der Waals surface area contributed by atoms with Gasteiger partial charge in [-0.3, -0.25) is 0 Å². The van der Waals surface area contributed by atoms with Crippen LogP contribution in [-0.4, -0.2) is 20.6 Å². The van der Waals surface area contributed by atoms with E-state index in [1.165, 1.54) is 0 Å². The normalized spacial score (nSPS) is 11.6. The monoisotopic (exact) mass is 434 g/mol. The van der Waals surface area contributed by atoms with Crippen molar-refractivity contribution < 1.29 is 9.90 Å². The fraction of sp³-hybridized carbons (Fsp3) is 0.0833. The van der Waals surface area contributed by atoms with Crippen molar-refractivity contribution in [3.05, 3.63) is 105 Å². The number of benzene rings is 2. The highest BCUT2D eigenvalue weighted by atomic mass is 35.5. The molecule has 4 rings (SSSR count). The van der Waals surface area contributed by atoms with Crippen molar-refractivity contribution in [2.45, 2.75) is 13.0 Å². The maximum absolute atomic E-state index is 11.9. The van der Waals surface area contributed by atoms with E-state index in [4.69, 9.17) is 11.6 Å². The standard InChI is InChI=1S/C24H19ClN2O2S/c25-22-11-5-4-9-18(22)16-27-20(15-26-23(27)17-7-2-1-3-8-17)13-19(24(28)29)14-21-10-6-12-30-21/h1-13,15H,14,16H2,(H,28,29)/b19-13+. The zero-order valence-corrected chi connectivity index (χ0v) is 17.6. The minimum Gasteiger partial charge on any atom is -0.478 e. The lowest BCUT2D eigenvalue weighted by Crippen LogP contribution is -2.07. The Morgan fingerprint density at radius 2 is 1.83 bits per heavy atom. The second-order valence-corrected chi connectivity index (χ2v) is 8.22. The molecule has 150 valence electrons. The number of hydrogen-bond acceptors (Lipinski definition) is 3. The maximum atomic E-state index is 11.9. The Kier molecular flexibility index (Phi) is 6.12. The van der Waals surface area contributed by atoms with Crippen molar-refractivity contribution in [1.82, 2.24) is 9.55 Å². The molecule has 0 aliphatic carbocycles. The van der Waals surface area contributed by atoms with E-state index in [0.29, 0.717) is 23.6 Å². The highest BCUT2D eigenvalue weighted by Crippen LogP contribution is 2.26. The summed E-state index contributed by atoms with van der Waals surface area (Å²) in [4.78, 5) is 17.5. The maximum Gasteiger partial charge on any atom is 0.332 e. The van der Waals surface area contributed by atoms with Gasteiger partial charge >= 0.3 is 5.97 Å². The summed E-state index contributed by atoms with van der Waals surface area (Å²) < 4.78 is 2.01. The minimum atomic E-state index is -0.935. The second-order valence-electron chi connectivity index (χ2n) is 6.78. The first-order valence-electron chi connectivity index (χ1n) is 9.42. The number of imidazole rings is 1. The molecule has 1 N–H and O–H groups in total. The van der Waals surface area contributed by atoms with Gasteiger partial charge in [-0.25, -0.2) is 9.78 Å². The molecular formula is C24H19ClN2O2S. The van der Waals surface area contributed by atoms with Crippen LogP contribution in [0.5, 0.6) is 0 Å². The molecule has 0 atom stereocenters. The fourth-order valence-electron chi connectivity index (χ4n) is 3.25. The molecule has 0 aliphatic heterocycles. The van der Waals surface area contributed by atoms with E-state index >= 15 is 0 Å². The van der Waals surface area contributed by atoms with Gasteiger partial charge in [-0.2, -0.15) is 0 Å². The van der Waals surface area contributed by atoms with Gasteiger partial charge in [0.05, 0.1) is 18.4 Å². The van der Waals surface area contributed by atoms with Crippen molar-refractivity contribution in [3.8, 4) is 11.4 Å². The molecule has 2 heterocycles. The molecule has 4 aromatic rings. The molecule has 2 aromatic heterocycles. The number of thiophene rings is 1. The van der Waals surface area contributed by atoms with E-state index in [2.05, 4.69) is 4.98 Å². The number of rotatable bonds is 7. The van der Waals surface area contributed by atoms with Crippen LogP contribution >= 0.6 is 22.9 Å². The predicted molar refractivity (Wildman–Crippen MR) is 122 cm³/mol. The van der Waals surface area contributed by atoms with E-state index < -0.39 is 5.97 Å². The highest BCUT2D eigenvalue weighted by Gasteiger charge is 2.16. The summed E-state index contributed by atoms with van der Waals surface area (Å²) in [6, 6.07) is 21.4. The molecule has 0 bridgehead atoms. The topological polar surface area (TPSA) is 55.1 Å². The quantitative estimate of drug-likeness (QED) is 0.361. The molecule has 0 amide bonds. The summed E-state index contributed by atoms with van der Waals surface area (Å²) in [6.45, 7) is 0.488. The Morgan fingerprint density at radius 1 is 1.07 bits per heavy atom. The lowest BCUT2D eigenvalue weighted by molar-refractivity contribution is -0.132. The Morgan fingerprint density at radius 3 is 2.53 bits per heavy atom. The molecule has 4 nitrogen and oxygen atoms in total. The number of nitrogens with zero attached hydrogens (tertiary/aromatic N) is 2. The van der Waals surface area contributed by atoms with Gasteiger partial charge in [0.15, 0.2) is 0 Å². The lowest BCUT2D eigenvalue weighted by Gasteiger charge is -2.13.